The molecule has 412 valence electrons. The summed E-state index contributed by atoms with van der Waals surface area (Å²) < 4.78 is 34.3. The minimum atomic E-state index is -1.71. The molecule has 0 aromatic heterocycles. The molecule has 2 aliphatic heterocycles. The molecule has 0 amide bonds. The van der Waals surface area contributed by atoms with Gasteiger partial charge in [0.15, 0.2) is 12.6 Å². The van der Waals surface area contributed by atoms with Crippen LogP contribution < -0.4 is 0 Å². The van der Waals surface area contributed by atoms with Crippen molar-refractivity contribution in [2.45, 2.75) is 261 Å². The van der Waals surface area contributed by atoms with E-state index in [0.717, 1.165) is 64.2 Å². The number of hydrogen-bond acceptors (Lipinski definition) is 14. The number of hydrogen-bond donors (Lipinski definition) is 7. The molecule has 14 nitrogen and oxygen atoms in total. The van der Waals surface area contributed by atoms with Crippen LogP contribution in [0.15, 0.2) is 60.8 Å². The normalized spacial score (nSPS) is 25.8. The van der Waals surface area contributed by atoms with Crippen LogP contribution in [0.4, 0.5) is 0 Å². The number of aliphatic hydroxyl groups excluding tert-OH is 7. The second kappa shape index (κ2) is 44.0. The molecule has 0 aromatic carbocycles. The smallest absolute Gasteiger partial charge is 0.306 e. The van der Waals surface area contributed by atoms with E-state index in [1.165, 1.54) is 103 Å². The second-order valence-electron chi connectivity index (χ2n) is 19.4. The molecular weight excluding hydrogens is 909 g/mol. The molecule has 71 heavy (non-hydrogen) atoms. The van der Waals surface area contributed by atoms with Crippen LogP contribution in [0.5, 0.6) is 0 Å². The van der Waals surface area contributed by atoms with Crippen LogP contribution in [0.1, 0.15) is 194 Å². The first-order valence-electron chi connectivity index (χ1n) is 27.9. The van der Waals surface area contributed by atoms with Crippen LogP contribution in [0.25, 0.3) is 0 Å². The molecule has 2 rings (SSSR count). The SMILES string of the molecule is CC/C=C\C/C=C\C/C=C\CCCCCC(=O)OC(COCCCCCCCCCCCCCC/C=C\C/C=C\CCCCCCC)COC1OC(COC2OC(CO)C(O)C(O)C2O)C(O)C(O)C1O. The van der Waals surface area contributed by atoms with Gasteiger partial charge in [-0.3, -0.25) is 4.79 Å². The maximum Gasteiger partial charge on any atom is 0.306 e. The van der Waals surface area contributed by atoms with Crippen molar-refractivity contribution < 1.29 is 69.0 Å². The van der Waals surface area contributed by atoms with Crippen molar-refractivity contribution in [1.29, 1.82) is 0 Å². The Hall–Kier alpha value is -2.31. The first kappa shape index (κ1) is 64.8. The van der Waals surface area contributed by atoms with E-state index in [9.17, 15) is 40.5 Å². The van der Waals surface area contributed by atoms with Gasteiger partial charge in [-0.25, -0.2) is 0 Å². The van der Waals surface area contributed by atoms with E-state index in [-0.39, 0.29) is 19.6 Å². The molecule has 0 spiro atoms. The van der Waals surface area contributed by atoms with Gasteiger partial charge in [0.1, 0.15) is 54.9 Å². The molecule has 7 N–H and O–H groups in total. The van der Waals surface area contributed by atoms with E-state index in [2.05, 4.69) is 74.6 Å². The van der Waals surface area contributed by atoms with E-state index in [0.29, 0.717) is 13.0 Å². The van der Waals surface area contributed by atoms with Crippen LogP contribution in [-0.2, 0) is 33.2 Å². The topological polar surface area (TPSA) is 214 Å². The molecule has 2 aliphatic rings. The van der Waals surface area contributed by atoms with Crippen molar-refractivity contribution in [3.63, 3.8) is 0 Å². The zero-order chi connectivity index (χ0) is 51.6. The number of ether oxygens (including phenoxy) is 6. The van der Waals surface area contributed by atoms with Crippen molar-refractivity contribution in [2.75, 3.05) is 33.0 Å². The standard InChI is InChI=1S/C57H100O14/c1-3-5-7-9-11-13-15-17-18-19-20-21-22-23-24-25-26-27-29-31-33-35-37-39-41-66-43-46(69-49(59)40-38-36-34-32-30-28-16-14-12-10-8-6-4-2)44-67-56-55(65)53(63)51(61)48(71-56)45-68-57-54(64)52(62)50(60)47(42-58)70-57/h6,8,12,14-15,17,19-20,28,30,46-48,50-58,60-65H,3-5,7,9-11,13,16,18,21-27,29,31-45H2,1-2H3/b8-6-,14-12-,17-15-,20-19-,30-28-. The summed E-state index contributed by atoms with van der Waals surface area (Å²) in [5.74, 6) is -0.406. The van der Waals surface area contributed by atoms with E-state index >= 15 is 0 Å². The van der Waals surface area contributed by atoms with Crippen molar-refractivity contribution in [3.8, 4) is 0 Å². The maximum absolute atomic E-state index is 13.0. The lowest BCUT2D eigenvalue weighted by Crippen LogP contribution is -2.61. The van der Waals surface area contributed by atoms with Gasteiger partial charge in [0.25, 0.3) is 0 Å². The minimum Gasteiger partial charge on any atom is -0.457 e. The lowest BCUT2D eigenvalue weighted by atomic mass is 9.98. The summed E-state index contributed by atoms with van der Waals surface area (Å²) in [7, 11) is 0. The Morgan fingerprint density at radius 2 is 0.915 bits per heavy atom. The number of unbranched alkanes of at least 4 members (excludes halogenated alkanes) is 20. The van der Waals surface area contributed by atoms with Crippen molar-refractivity contribution in [3.05, 3.63) is 60.8 Å². The highest BCUT2D eigenvalue weighted by Gasteiger charge is 2.47. The van der Waals surface area contributed by atoms with E-state index < -0.39 is 86.7 Å². The third-order valence-electron chi connectivity index (χ3n) is 13.0. The summed E-state index contributed by atoms with van der Waals surface area (Å²) >= 11 is 0. The average Bonchev–Trinajstić information content (AvgIpc) is 3.37. The molecule has 2 saturated heterocycles. The van der Waals surface area contributed by atoms with Crippen molar-refractivity contribution in [2.24, 2.45) is 0 Å². The molecule has 2 fully saturated rings. The number of carbonyl (C=O) groups is 1. The number of esters is 1. The molecule has 11 unspecified atom stereocenters. The third-order valence-corrected chi connectivity index (χ3v) is 13.0. The third kappa shape index (κ3) is 31.2. The summed E-state index contributed by atoms with van der Waals surface area (Å²) in [5.41, 5.74) is 0. The monoisotopic (exact) mass is 1010 g/mol. The Kier molecular flexibility index (Phi) is 40.2. The Morgan fingerprint density at radius 3 is 1.44 bits per heavy atom. The van der Waals surface area contributed by atoms with Gasteiger partial charge in [-0.15, -0.1) is 0 Å². The molecule has 0 aromatic rings. The van der Waals surface area contributed by atoms with Crippen molar-refractivity contribution in [1.82, 2.24) is 0 Å². The first-order valence-corrected chi connectivity index (χ1v) is 27.9. The Balaban J connectivity index is 1.70. The molecule has 0 saturated carbocycles. The van der Waals surface area contributed by atoms with E-state index in [1.807, 2.05) is 0 Å². The minimum absolute atomic E-state index is 0.0468. The predicted molar refractivity (Wildman–Crippen MR) is 279 cm³/mol. The lowest BCUT2D eigenvalue weighted by Gasteiger charge is -2.42. The highest BCUT2D eigenvalue weighted by Crippen LogP contribution is 2.26. The molecular formula is C57H100O14. The van der Waals surface area contributed by atoms with Gasteiger partial charge < -0.3 is 64.2 Å². The summed E-state index contributed by atoms with van der Waals surface area (Å²) in [6, 6.07) is 0. The van der Waals surface area contributed by atoms with Crippen molar-refractivity contribution >= 4 is 5.97 Å². The van der Waals surface area contributed by atoms with Gasteiger partial charge >= 0.3 is 5.97 Å². The molecule has 0 bridgehead atoms. The molecule has 0 aliphatic carbocycles. The van der Waals surface area contributed by atoms with Gasteiger partial charge in [-0.05, 0) is 77.0 Å². The summed E-state index contributed by atoms with van der Waals surface area (Å²) in [5, 5.41) is 72.2. The van der Waals surface area contributed by atoms with Gasteiger partial charge in [0.05, 0.1) is 26.4 Å². The van der Waals surface area contributed by atoms with Crippen LogP contribution in [0.2, 0.25) is 0 Å². The van der Waals surface area contributed by atoms with Gasteiger partial charge in [0, 0.05) is 13.0 Å². The number of carbonyl (C=O) groups excluding carboxylic acids is 1. The van der Waals surface area contributed by atoms with Crippen LogP contribution in [-0.4, -0.2) is 142 Å². The molecule has 14 heteroatoms. The summed E-state index contributed by atoms with van der Waals surface area (Å²) in [6.45, 7) is 3.52. The fourth-order valence-electron chi connectivity index (χ4n) is 8.51. The van der Waals surface area contributed by atoms with Gasteiger partial charge in [0.2, 0.25) is 0 Å². The molecule has 2 heterocycles. The largest absolute Gasteiger partial charge is 0.457 e. The molecule has 11 atom stereocenters. The highest BCUT2D eigenvalue weighted by molar-refractivity contribution is 5.69. The Bertz CT molecular complexity index is 1400. The zero-order valence-electron chi connectivity index (χ0n) is 43.9. The summed E-state index contributed by atoms with van der Waals surface area (Å²) in [4.78, 5) is 13.0. The first-order chi connectivity index (χ1) is 34.6. The van der Waals surface area contributed by atoms with E-state index in [4.69, 9.17) is 28.4 Å². The number of aliphatic hydroxyl groups is 7. The van der Waals surface area contributed by atoms with Crippen LogP contribution in [0.3, 0.4) is 0 Å². The number of rotatable bonds is 44. The Labute approximate surface area is 428 Å². The quantitative estimate of drug-likeness (QED) is 0.0172. The van der Waals surface area contributed by atoms with Crippen LogP contribution >= 0.6 is 0 Å². The van der Waals surface area contributed by atoms with Gasteiger partial charge in [-0.1, -0.05) is 171 Å². The maximum atomic E-state index is 13.0. The van der Waals surface area contributed by atoms with E-state index in [1.54, 1.807) is 0 Å². The van der Waals surface area contributed by atoms with Gasteiger partial charge in [-0.2, -0.15) is 0 Å². The predicted octanol–water partition coefficient (Wildman–Crippen LogP) is 9.30. The zero-order valence-corrected chi connectivity index (χ0v) is 43.9. The fourth-order valence-corrected chi connectivity index (χ4v) is 8.51. The molecule has 0 radical (unpaired) electrons. The highest BCUT2D eigenvalue weighted by atomic mass is 16.7. The summed E-state index contributed by atoms with van der Waals surface area (Å²) in [6.07, 6.45) is 37.2. The fraction of sp³-hybridized carbons (Fsp3) is 0.807. The average molecular weight is 1010 g/mol. The second-order valence-corrected chi connectivity index (χ2v) is 19.4. The Morgan fingerprint density at radius 1 is 0.479 bits per heavy atom. The van der Waals surface area contributed by atoms with Crippen LogP contribution in [0, 0.1) is 0 Å². The number of allylic oxidation sites excluding steroid dienone is 10. The lowest BCUT2D eigenvalue weighted by molar-refractivity contribution is -0.332.